The van der Waals surface area contributed by atoms with E-state index < -0.39 is 21.5 Å². The summed E-state index contributed by atoms with van der Waals surface area (Å²) in [7, 11) is -3.52. The maximum atomic E-state index is 12.2. The van der Waals surface area contributed by atoms with Gasteiger partial charge < -0.3 is 25.4 Å². The van der Waals surface area contributed by atoms with E-state index in [9.17, 15) is 18.3 Å². The van der Waals surface area contributed by atoms with Crippen LogP contribution in [0.1, 0.15) is 27.7 Å². The third kappa shape index (κ3) is 7.48. The number of likely N-dealkylation sites (tertiary alicyclic amines) is 1. The first-order valence-electron chi connectivity index (χ1n) is 9.47. The lowest BCUT2D eigenvalue weighted by atomic mass is 10.1. The zero-order chi connectivity index (χ0) is 21.7. The summed E-state index contributed by atoms with van der Waals surface area (Å²) in [5.74, 6) is 0.0839. The van der Waals surface area contributed by atoms with Crippen LogP contribution in [-0.4, -0.2) is 80.2 Å². The van der Waals surface area contributed by atoms with Crippen molar-refractivity contribution in [1.29, 1.82) is 0 Å². The number of aliphatic hydroxyl groups is 1. The van der Waals surface area contributed by atoms with Gasteiger partial charge in [-0.3, -0.25) is 4.99 Å². The molecule has 1 aromatic heterocycles. The molecule has 1 aromatic rings. The summed E-state index contributed by atoms with van der Waals surface area (Å²) in [6.45, 7) is 8.88. The van der Waals surface area contributed by atoms with E-state index in [2.05, 4.69) is 15.6 Å². The normalized spacial score (nSPS) is 16.9. The highest BCUT2D eigenvalue weighted by Crippen LogP contribution is 2.18. The fraction of sp³-hybridized carbons (Fsp3) is 0.667. The fourth-order valence-corrected chi connectivity index (χ4v) is 5.05. The van der Waals surface area contributed by atoms with Crippen LogP contribution < -0.4 is 10.6 Å². The molecule has 1 amide bonds. The molecule has 0 spiro atoms. The number of amides is 1. The molecule has 0 aromatic carbocycles. The van der Waals surface area contributed by atoms with Crippen LogP contribution in [0.2, 0.25) is 0 Å². The van der Waals surface area contributed by atoms with Crippen LogP contribution >= 0.6 is 11.3 Å². The first-order valence-corrected chi connectivity index (χ1v) is 12.0. The van der Waals surface area contributed by atoms with Gasteiger partial charge in [-0.05, 0) is 39.1 Å². The minimum atomic E-state index is -3.52. The predicted octanol–water partition coefficient (Wildman–Crippen LogP) is 1.06. The molecular formula is C18H30N4O5S2. The third-order valence-corrected chi connectivity index (χ3v) is 7.18. The van der Waals surface area contributed by atoms with E-state index in [1.54, 1.807) is 16.3 Å². The molecule has 2 rings (SSSR count). The van der Waals surface area contributed by atoms with Gasteiger partial charge in [0.15, 0.2) is 15.8 Å². The van der Waals surface area contributed by atoms with Crippen LogP contribution in [0.5, 0.6) is 0 Å². The van der Waals surface area contributed by atoms with Crippen molar-refractivity contribution in [2.75, 3.05) is 31.9 Å². The topological polar surface area (TPSA) is 120 Å². The summed E-state index contributed by atoms with van der Waals surface area (Å²) in [6.07, 6.45) is -1.47. The van der Waals surface area contributed by atoms with Gasteiger partial charge in [0.2, 0.25) is 0 Å². The van der Waals surface area contributed by atoms with Gasteiger partial charge >= 0.3 is 6.09 Å². The summed E-state index contributed by atoms with van der Waals surface area (Å²) in [5.41, 5.74) is -0.536. The van der Waals surface area contributed by atoms with E-state index in [1.165, 1.54) is 6.07 Å². The Balaban J connectivity index is 1.83. The van der Waals surface area contributed by atoms with E-state index in [-0.39, 0.29) is 28.6 Å². The Hall–Kier alpha value is -1.85. The highest BCUT2D eigenvalue weighted by atomic mass is 32.2. The number of carbonyl (C=O) groups is 1. The van der Waals surface area contributed by atoms with E-state index >= 15 is 0 Å². The van der Waals surface area contributed by atoms with Crippen molar-refractivity contribution in [1.82, 2.24) is 15.5 Å². The largest absolute Gasteiger partial charge is 0.444 e. The molecule has 0 aliphatic carbocycles. The molecule has 3 N–H and O–H groups in total. The molecule has 9 nitrogen and oxygen atoms in total. The number of hydrogen-bond acceptors (Lipinski definition) is 7. The number of sulfone groups is 1. The van der Waals surface area contributed by atoms with Crippen LogP contribution in [-0.2, 0) is 14.6 Å². The van der Waals surface area contributed by atoms with Crippen LogP contribution in [0.4, 0.5) is 4.79 Å². The van der Waals surface area contributed by atoms with Crippen LogP contribution in [0, 0.1) is 0 Å². The molecule has 1 fully saturated rings. The van der Waals surface area contributed by atoms with Crippen molar-refractivity contribution >= 4 is 33.2 Å². The first kappa shape index (κ1) is 23.4. The Morgan fingerprint density at radius 1 is 1.45 bits per heavy atom. The lowest BCUT2D eigenvalue weighted by Gasteiger charge is -2.40. The summed E-state index contributed by atoms with van der Waals surface area (Å²) >= 11 is 1.13. The zero-order valence-corrected chi connectivity index (χ0v) is 18.8. The zero-order valence-electron chi connectivity index (χ0n) is 17.2. The minimum Gasteiger partial charge on any atom is -0.444 e. The molecule has 1 atom stereocenters. The quantitative estimate of drug-likeness (QED) is 0.423. The lowest BCUT2D eigenvalue weighted by molar-refractivity contribution is 0.00700. The van der Waals surface area contributed by atoms with Gasteiger partial charge in [-0.2, -0.15) is 0 Å². The number of aliphatic imine (C=N–C) groups is 1. The van der Waals surface area contributed by atoms with Crippen molar-refractivity contribution < 1.29 is 23.1 Å². The average Bonchev–Trinajstić information content (AvgIpc) is 3.08. The van der Waals surface area contributed by atoms with E-state index in [4.69, 9.17) is 4.74 Å². The first-order chi connectivity index (χ1) is 13.5. The Kier molecular flexibility index (Phi) is 7.89. The van der Waals surface area contributed by atoms with Crippen LogP contribution in [0.25, 0.3) is 0 Å². The van der Waals surface area contributed by atoms with Crippen molar-refractivity contribution in [3.63, 3.8) is 0 Å². The molecule has 0 saturated carbocycles. The molecule has 11 heteroatoms. The van der Waals surface area contributed by atoms with Gasteiger partial charge in [0.25, 0.3) is 0 Å². The highest BCUT2D eigenvalue weighted by molar-refractivity contribution is 7.93. The van der Waals surface area contributed by atoms with Crippen molar-refractivity contribution in [3.05, 3.63) is 17.5 Å². The van der Waals surface area contributed by atoms with Crippen molar-refractivity contribution in [2.24, 2.45) is 4.99 Å². The predicted molar refractivity (Wildman–Crippen MR) is 113 cm³/mol. The lowest BCUT2D eigenvalue weighted by Crippen LogP contribution is -2.63. The molecule has 0 radical (unpaired) electrons. The Labute approximate surface area is 176 Å². The summed E-state index contributed by atoms with van der Waals surface area (Å²) in [6, 6.07) is 3.19. The van der Waals surface area contributed by atoms with Crippen LogP contribution in [0.15, 0.2) is 26.7 Å². The highest BCUT2D eigenvalue weighted by Gasteiger charge is 2.34. The Bertz CT molecular complexity index is 797. The van der Waals surface area contributed by atoms with E-state index in [1.807, 2.05) is 27.7 Å². The standard InChI is InChI=1S/C18H30N4O5S2/c1-5-19-16(21-13-10-22(11-13)17(24)27-18(2,3)4)20-9-14(23)12-29(25,26)15-7-6-8-28-15/h6-8,13-14,23H,5,9-12H2,1-4H3,(H2,19,20,21). The second-order valence-electron chi connectivity index (χ2n) is 7.81. The number of ether oxygens (including phenoxy) is 1. The Morgan fingerprint density at radius 3 is 2.69 bits per heavy atom. The molecule has 2 heterocycles. The van der Waals surface area contributed by atoms with Crippen molar-refractivity contribution in [3.8, 4) is 0 Å². The Morgan fingerprint density at radius 2 is 2.14 bits per heavy atom. The molecule has 1 aliphatic heterocycles. The number of guanidine groups is 1. The van der Waals surface area contributed by atoms with Gasteiger partial charge in [0.05, 0.1) is 24.4 Å². The molecule has 1 aliphatic rings. The second kappa shape index (κ2) is 9.77. The van der Waals surface area contributed by atoms with E-state index in [0.29, 0.717) is 25.6 Å². The SMILES string of the molecule is CCNC(=NCC(O)CS(=O)(=O)c1cccs1)NC1CN(C(=O)OC(C)(C)C)C1. The molecule has 1 saturated heterocycles. The minimum absolute atomic E-state index is 0.00677. The van der Waals surface area contributed by atoms with E-state index in [0.717, 1.165) is 11.3 Å². The van der Waals surface area contributed by atoms with Gasteiger partial charge in [-0.25, -0.2) is 13.2 Å². The monoisotopic (exact) mass is 446 g/mol. The molecule has 29 heavy (non-hydrogen) atoms. The number of nitrogens with zero attached hydrogens (tertiary/aromatic N) is 2. The third-order valence-electron chi connectivity index (χ3n) is 3.89. The second-order valence-corrected chi connectivity index (χ2v) is 11.0. The van der Waals surface area contributed by atoms with Gasteiger partial charge in [0, 0.05) is 19.6 Å². The van der Waals surface area contributed by atoms with Gasteiger partial charge in [0.1, 0.15) is 9.81 Å². The fourth-order valence-electron chi connectivity index (χ4n) is 2.58. The number of hydrogen-bond donors (Lipinski definition) is 3. The number of aliphatic hydroxyl groups excluding tert-OH is 1. The average molecular weight is 447 g/mol. The number of thiophene rings is 1. The number of rotatable bonds is 7. The molecular weight excluding hydrogens is 416 g/mol. The molecule has 1 unspecified atom stereocenters. The maximum absolute atomic E-state index is 12.2. The smallest absolute Gasteiger partial charge is 0.410 e. The van der Waals surface area contributed by atoms with Crippen LogP contribution in [0.3, 0.4) is 0 Å². The maximum Gasteiger partial charge on any atom is 0.410 e. The van der Waals surface area contributed by atoms with Gasteiger partial charge in [-0.15, -0.1) is 11.3 Å². The van der Waals surface area contributed by atoms with Gasteiger partial charge in [-0.1, -0.05) is 6.07 Å². The summed E-state index contributed by atoms with van der Waals surface area (Å²) < 4.78 is 30.0. The number of carbonyl (C=O) groups excluding carboxylic acids is 1. The molecule has 164 valence electrons. The molecule has 0 bridgehead atoms. The van der Waals surface area contributed by atoms with Crippen molar-refractivity contribution in [2.45, 2.75) is 49.7 Å². The summed E-state index contributed by atoms with van der Waals surface area (Å²) in [4.78, 5) is 17.9. The summed E-state index contributed by atoms with van der Waals surface area (Å²) in [5, 5.41) is 18.0. The number of nitrogens with one attached hydrogen (secondary N) is 2.